The Labute approximate surface area is 206 Å². The summed E-state index contributed by atoms with van der Waals surface area (Å²) in [6.45, 7) is 8.10. The van der Waals surface area contributed by atoms with Crippen molar-refractivity contribution in [3.63, 3.8) is 0 Å². The summed E-state index contributed by atoms with van der Waals surface area (Å²) < 4.78 is 12.0. The first-order chi connectivity index (χ1) is 16.6. The predicted octanol–water partition coefficient (Wildman–Crippen LogP) is 6.20. The first-order valence-corrected chi connectivity index (χ1v) is 11.7. The molecule has 1 aliphatic rings. The minimum absolute atomic E-state index is 0.603. The zero-order valence-electron chi connectivity index (χ0n) is 20.9. The van der Waals surface area contributed by atoms with Gasteiger partial charge >= 0.3 is 5.97 Å². The lowest BCUT2D eigenvalue weighted by Gasteiger charge is -2.29. The van der Waals surface area contributed by atoms with E-state index in [-0.39, 0.29) is 0 Å². The van der Waals surface area contributed by atoms with E-state index in [0.29, 0.717) is 17.9 Å². The zero-order valence-corrected chi connectivity index (χ0v) is 20.9. The topological polar surface area (TPSA) is 94.1 Å². The van der Waals surface area contributed by atoms with Crippen molar-refractivity contribution < 1.29 is 19.4 Å². The molecule has 35 heavy (non-hydrogen) atoms. The molecule has 0 saturated carbocycles. The highest BCUT2D eigenvalue weighted by molar-refractivity contribution is 6.06. The molecule has 1 atom stereocenters. The van der Waals surface area contributed by atoms with Gasteiger partial charge in [0.05, 0.1) is 12.2 Å². The number of aryl methyl sites for hydroxylation is 1. The van der Waals surface area contributed by atoms with Gasteiger partial charge in [-0.1, -0.05) is 18.2 Å². The van der Waals surface area contributed by atoms with Crippen LogP contribution < -0.4 is 10.5 Å². The minimum Gasteiger partial charge on any atom is -0.493 e. The lowest BCUT2D eigenvalue weighted by Crippen LogP contribution is -2.28. The van der Waals surface area contributed by atoms with Gasteiger partial charge in [-0.05, 0) is 85.7 Å². The largest absolute Gasteiger partial charge is 0.493 e. The van der Waals surface area contributed by atoms with Gasteiger partial charge in [-0.25, -0.2) is 4.79 Å². The lowest BCUT2D eigenvalue weighted by molar-refractivity contribution is -0.160. The van der Waals surface area contributed by atoms with E-state index in [9.17, 15) is 9.90 Å². The lowest BCUT2D eigenvalue weighted by atomic mass is 9.85. The molecule has 0 amide bonds. The number of aliphatic imine (C=N–C) groups is 1. The van der Waals surface area contributed by atoms with Gasteiger partial charge in [0.25, 0.3) is 0 Å². The highest BCUT2D eigenvalue weighted by Gasteiger charge is 2.32. The van der Waals surface area contributed by atoms with E-state index in [1.54, 1.807) is 13.3 Å². The standard InChI is InChI=1S/C29H32N2O4/c1-17-15-22-20(7-6-8-23(22)30)26(25(17)27(28(32)33)35-29(2,3)4)19-9-10-24-21(16-19)18(11-13-31-5)12-14-34-24/h6-11,13,15-16,27H,12,14,30H2,1-5H3,(H,32,33)/b18-11-,31-13?/t27-/m0/s1. The van der Waals surface area contributed by atoms with Crippen LogP contribution in [0, 0.1) is 6.92 Å². The summed E-state index contributed by atoms with van der Waals surface area (Å²) in [4.78, 5) is 16.6. The van der Waals surface area contributed by atoms with Crippen molar-refractivity contribution in [2.45, 2.75) is 45.8 Å². The smallest absolute Gasteiger partial charge is 0.337 e. The van der Waals surface area contributed by atoms with Crippen LogP contribution in [0.1, 0.15) is 50.0 Å². The Morgan fingerprint density at radius 3 is 2.66 bits per heavy atom. The maximum absolute atomic E-state index is 12.5. The highest BCUT2D eigenvalue weighted by Crippen LogP contribution is 2.44. The maximum Gasteiger partial charge on any atom is 0.337 e. The third kappa shape index (κ3) is 4.93. The van der Waals surface area contributed by atoms with E-state index < -0.39 is 17.7 Å². The van der Waals surface area contributed by atoms with Crippen LogP contribution in [0.4, 0.5) is 5.69 Å². The normalized spacial score (nSPS) is 15.9. The number of hydrogen-bond donors (Lipinski definition) is 2. The molecule has 1 aliphatic heterocycles. The average molecular weight is 473 g/mol. The highest BCUT2D eigenvalue weighted by atomic mass is 16.5. The molecule has 0 aliphatic carbocycles. The molecule has 0 bridgehead atoms. The number of rotatable bonds is 5. The number of anilines is 1. The van der Waals surface area contributed by atoms with Gasteiger partial charge in [0, 0.05) is 41.9 Å². The van der Waals surface area contributed by atoms with Gasteiger partial charge in [-0.3, -0.25) is 4.99 Å². The number of benzene rings is 3. The fraction of sp³-hybridized carbons (Fsp3) is 0.310. The van der Waals surface area contributed by atoms with Crippen molar-refractivity contribution in [3.05, 3.63) is 65.2 Å². The second-order valence-corrected chi connectivity index (χ2v) is 9.78. The van der Waals surface area contributed by atoms with Crippen molar-refractivity contribution >= 4 is 34.2 Å². The number of hydrogen-bond acceptors (Lipinski definition) is 5. The first kappa shape index (κ1) is 24.5. The fourth-order valence-electron chi connectivity index (χ4n) is 4.64. The predicted molar refractivity (Wildman–Crippen MR) is 142 cm³/mol. The minimum atomic E-state index is -1.15. The van der Waals surface area contributed by atoms with Gasteiger partial charge in [0.15, 0.2) is 6.10 Å². The molecule has 3 N–H and O–H groups in total. The number of nitrogens with two attached hydrogens (primary N) is 1. The Hall–Kier alpha value is -3.64. The summed E-state index contributed by atoms with van der Waals surface area (Å²) in [5.74, 6) is -0.233. The van der Waals surface area contributed by atoms with Crippen LogP contribution >= 0.6 is 0 Å². The molecule has 0 radical (unpaired) electrons. The third-order valence-electron chi connectivity index (χ3n) is 6.09. The molecule has 0 spiro atoms. The SMILES string of the molecule is CN=C/C=C1/CCOc2ccc(-c3c([C@H](OC(C)(C)C)C(=O)O)c(C)cc4c(N)cccc34)cc21. The molecule has 182 valence electrons. The van der Waals surface area contributed by atoms with Gasteiger partial charge in [0.2, 0.25) is 0 Å². The van der Waals surface area contributed by atoms with E-state index in [0.717, 1.165) is 50.8 Å². The van der Waals surface area contributed by atoms with Gasteiger partial charge in [-0.15, -0.1) is 0 Å². The number of nitrogens with zero attached hydrogens (tertiary/aromatic N) is 1. The molecular weight excluding hydrogens is 440 g/mol. The molecule has 4 rings (SSSR count). The molecule has 0 aromatic heterocycles. The number of carbonyl (C=O) groups is 1. The molecular formula is C29H32N2O4. The van der Waals surface area contributed by atoms with E-state index in [2.05, 4.69) is 11.1 Å². The molecule has 6 nitrogen and oxygen atoms in total. The second-order valence-electron chi connectivity index (χ2n) is 9.78. The van der Waals surface area contributed by atoms with Crippen LogP contribution in [-0.2, 0) is 9.53 Å². The Bertz CT molecular complexity index is 1350. The maximum atomic E-state index is 12.5. The molecule has 0 fully saturated rings. The Balaban J connectivity index is 2.06. The van der Waals surface area contributed by atoms with Crippen molar-refractivity contribution in [2.75, 3.05) is 19.4 Å². The van der Waals surface area contributed by atoms with Crippen LogP contribution in [0.5, 0.6) is 5.75 Å². The van der Waals surface area contributed by atoms with Crippen LogP contribution in [0.2, 0.25) is 0 Å². The number of fused-ring (bicyclic) bond motifs is 2. The van der Waals surface area contributed by atoms with Crippen LogP contribution in [0.15, 0.2) is 53.5 Å². The van der Waals surface area contributed by atoms with Crippen LogP contribution in [0.25, 0.3) is 27.5 Å². The molecule has 3 aromatic rings. The summed E-state index contributed by atoms with van der Waals surface area (Å²) >= 11 is 0. The van der Waals surface area contributed by atoms with E-state index >= 15 is 0 Å². The average Bonchev–Trinajstić information content (AvgIpc) is 2.80. The number of carboxylic acids is 1. The van der Waals surface area contributed by atoms with Crippen molar-refractivity contribution in [1.29, 1.82) is 0 Å². The monoisotopic (exact) mass is 472 g/mol. The summed E-state index contributed by atoms with van der Waals surface area (Å²) in [5.41, 5.74) is 11.6. The van der Waals surface area contributed by atoms with Gasteiger partial charge in [0.1, 0.15) is 5.75 Å². The Morgan fingerprint density at radius 1 is 1.20 bits per heavy atom. The van der Waals surface area contributed by atoms with Crippen molar-refractivity contribution in [1.82, 2.24) is 0 Å². The number of ether oxygens (including phenoxy) is 2. The molecule has 0 unspecified atom stereocenters. The summed E-state index contributed by atoms with van der Waals surface area (Å²) in [5, 5.41) is 12.0. The number of aliphatic carboxylic acids is 1. The number of nitrogen functional groups attached to an aromatic ring is 1. The summed E-state index contributed by atoms with van der Waals surface area (Å²) in [6, 6.07) is 13.7. The third-order valence-corrected chi connectivity index (χ3v) is 6.09. The van der Waals surface area contributed by atoms with E-state index in [1.165, 1.54) is 0 Å². The first-order valence-electron chi connectivity index (χ1n) is 11.7. The summed E-state index contributed by atoms with van der Waals surface area (Å²) in [6.07, 6.45) is 3.40. The molecule has 1 heterocycles. The second kappa shape index (κ2) is 9.55. The van der Waals surface area contributed by atoms with Gasteiger partial charge < -0.3 is 20.3 Å². The van der Waals surface area contributed by atoms with Crippen molar-refractivity contribution in [3.8, 4) is 16.9 Å². The van der Waals surface area contributed by atoms with Crippen molar-refractivity contribution in [2.24, 2.45) is 4.99 Å². The van der Waals surface area contributed by atoms with E-state index in [1.807, 2.05) is 70.2 Å². The summed E-state index contributed by atoms with van der Waals surface area (Å²) in [7, 11) is 1.74. The number of allylic oxidation sites excluding steroid dienone is 1. The number of carboxylic acid groups (broad SMARTS) is 1. The van der Waals surface area contributed by atoms with Crippen LogP contribution in [0.3, 0.4) is 0 Å². The Morgan fingerprint density at radius 2 is 1.97 bits per heavy atom. The zero-order chi connectivity index (χ0) is 25.3. The van der Waals surface area contributed by atoms with Crippen LogP contribution in [-0.4, -0.2) is 36.5 Å². The molecule has 6 heteroatoms. The Kier molecular flexibility index (Phi) is 6.68. The molecule has 0 saturated heterocycles. The quantitative estimate of drug-likeness (QED) is 0.340. The van der Waals surface area contributed by atoms with Gasteiger partial charge in [-0.2, -0.15) is 0 Å². The van der Waals surface area contributed by atoms with E-state index in [4.69, 9.17) is 15.2 Å². The fourth-order valence-corrected chi connectivity index (χ4v) is 4.64. The molecule has 3 aromatic carbocycles.